The average Bonchev–Trinajstić information content (AvgIpc) is 2.56. The molecule has 0 radical (unpaired) electrons. The van der Waals surface area contributed by atoms with E-state index in [4.69, 9.17) is 22.1 Å². The standard InChI is InChI=1S/C13H18ClNO3S/c1-13(2)6-5-10(18-13)8-19(16,17)12-4-3-9(14)7-11(12)15/h3-4,7,10H,5-6,8,15H2,1-2H3. The molecular formula is C13H18ClNO3S. The molecule has 106 valence electrons. The fraction of sp³-hybridized carbons (Fsp3) is 0.538. The predicted octanol–water partition coefficient (Wildman–Crippen LogP) is 2.65. The Bertz CT molecular complexity index is 584. The van der Waals surface area contributed by atoms with E-state index < -0.39 is 9.84 Å². The molecule has 1 aliphatic rings. The second kappa shape index (κ2) is 4.96. The summed E-state index contributed by atoms with van der Waals surface area (Å²) in [5.74, 6) is -0.0394. The van der Waals surface area contributed by atoms with Crippen molar-refractivity contribution in [2.45, 2.75) is 43.3 Å². The Morgan fingerprint density at radius 2 is 2.16 bits per heavy atom. The minimum atomic E-state index is -3.45. The van der Waals surface area contributed by atoms with E-state index in [1.54, 1.807) is 0 Å². The van der Waals surface area contributed by atoms with E-state index in [9.17, 15) is 8.42 Å². The van der Waals surface area contributed by atoms with E-state index in [0.29, 0.717) is 5.02 Å². The van der Waals surface area contributed by atoms with Crippen molar-refractivity contribution in [3.05, 3.63) is 23.2 Å². The Kier molecular flexibility index (Phi) is 3.82. The molecule has 1 atom stereocenters. The number of hydrogen-bond donors (Lipinski definition) is 1. The molecular weight excluding hydrogens is 286 g/mol. The molecule has 1 unspecified atom stereocenters. The van der Waals surface area contributed by atoms with Crippen molar-refractivity contribution in [1.29, 1.82) is 0 Å². The van der Waals surface area contributed by atoms with Crippen LogP contribution < -0.4 is 5.73 Å². The molecule has 4 nitrogen and oxygen atoms in total. The van der Waals surface area contributed by atoms with Gasteiger partial charge in [-0.05, 0) is 44.9 Å². The summed E-state index contributed by atoms with van der Waals surface area (Å²) in [7, 11) is -3.45. The molecule has 1 heterocycles. The van der Waals surface area contributed by atoms with Gasteiger partial charge in [-0.15, -0.1) is 0 Å². The summed E-state index contributed by atoms with van der Waals surface area (Å²) in [6.07, 6.45) is 1.35. The first-order valence-electron chi connectivity index (χ1n) is 6.15. The Morgan fingerprint density at radius 3 is 2.68 bits per heavy atom. The number of ether oxygens (including phenoxy) is 1. The smallest absolute Gasteiger partial charge is 0.182 e. The van der Waals surface area contributed by atoms with Crippen molar-refractivity contribution >= 4 is 27.1 Å². The van der Waals surface area contributed by atoms with Gasteiger partial charge < -0.3 is 10.5 Å². The molecule has 1 fully saturated rings. The van der Waals surface area contributed by atoms with Gasteiger partial charge in [0, 0.05) is 5.02 Å². The Labute approximate surface area is 118 Å². The van der Waals surface area contributed by atoms with Gasteiger partial charge >= 0.3 is 0 Å². The van der Waals surface area contributed by atoms with Crippen LogP contribution in [0.4, 0.5) is 5.69 Å². The SMILES string of the molecule is CC1(C)CCC(CS(=O)(=O)c2ccc(Cl)cc2N)O1. The minimum Gasteiger partial charge on any atom is -0.398 e. The van der Waals surface area contributed by atoms with Gasteiger partial charge in [0.25, 0.3) is 0 Å². The Hall–Kier alpha value is -0.780. The number of nitrogen functional groups attached to an aromatic ring is 1. The first-order chi connectivity index (χ1) is 8.70. The van der Waals surface area contributed by atoms with Crippen LogP contribution in [0.25, 0.3) is 0 Å². The van der Waals surface area contributed by atoms with Crippen molar-refractivity contribution in [3.63, 3.8) is 0 Å². The third kappa shape index (κ3) is 3.41. The second-order valence-electron chi connectivity index (χ2n) is 5.50. The summed E-state index contributed by atoms with van der Waals surface area (Å²) in [6.45, 7) is 3.94. The van der Waals surface area contributed by atoms with Gasteiger partial charge in [-0.3, -0.25) is 0 Å². The largest absolute Gasteiger partial charge is 0.398 e. The van der Waals surface area contributed by atoms with Crippen LogP contribution in [0.1, 0.15) is 26.7 Å². The van der Waals surface area contributed by atoms with E-state index in [2.05, 4.69) is 0 Å². The molecule has 19 heavy (non-hydrogen) atoms. The molecule has 1 saturated heterocycles. The zero-order valence-electron chi connectivity index (χ0n) is 11.0. The van der Waals surface area contributed by atoms with Gasteiger partial charge in [0.15, 0.2) is 9.84 Å². The molecule has 0 bridgehead atoms. The van der Waals surface area contributed by atoms with E-state index in [-0.39, 0.29) is 28.0 Å². The first kappa shape index (κ1) is 14.6. The van der Waals surface area contributed by atoms with Gasteiger partial charge in [-0.2, -0.15) is 0 Å². The summed E-state index contributed by atoms with van der Waals surface area (Å²) < 4.78 is 30.4. The van der Waals surface area contributed by atoms with Crippen LogP contribution >= 0.6 is 11.6 Å². The zero-order chi connectivity index (χ0) is 14.3. The molecule has 0 aliphatic carbocycles. The number of nitrogens with two attached hydrogens (primary N) is 1. The monoisotopic (exact) mass is 303 g/mol. The topological polar surface area (TPSA) is 69.4 Å². The van der Waals surface area contributed by atoms with Gasteiger partial charge in [0.05, 0.1) is 28.0 Å². The van der Waals surface area contributed by atoms with Crippen molar-refractivity contribution < 1.29 is 13.2 Å². The Morgan fingerprint density at radius 1 is 1.47 bits per heavy atom. The van der Waals surface area contributed by atoms with Crippen LogP contribution in [0.15, 0.2) is 23.1 Å². The van der Waals surface area contributed by atoms with Crippen LogP contribution in [0, 0.1) is 0 Å². The quantitative estimate of drug-likeness (QED) is 0.872. The lowest BCUT2D eigenvalue weighted by Gasteiger charge is -2.19. The zero-order valence-corrected chi connectivity index (χ0v) is 12.6. The molecule has 1 aromatic carbocycles. The predicted molar refractivity (Wildman–Crippen MR) is 76.1 cm³/mol. The maximum Gasteiger partial charge on any atom is 0.182 e. The molecule has 1 aromatic rings. The van der Waals surface area contributed by atoms with Crippen molar-refractivity contribution in [2.24, 2.45) is 0 Å². The molecule has 0 amide bonds. The lowest BCUT2D eigenvalue weighted by Crippen LogP contribution is -2.25. The van der Waals surface area contributed by atoms with E-state index in [1.807, 2.05) is 13.8 Å². The summed E-state index contributed by atoms with van der Waals surface area (Å²) >= 11 is 5.78. The fourth-order valence-electron chi connectivity index (χ4n) is 2.33. The average molecular weight is 304 g/mol. The number of halogens is 1. The molecule has 0 saturated carbocycles. The summed E-state index contributed by atoms with van der Waals surface area (Å²) in [5, 5.41) is 0.426. The van der Waals surface area contributed by atoms with E-state index in [1.165, 1.54) is 18.2 Å². The highest BCUT2D eigenvalue weighted by Gasteiger charge is 2.35. The van der Waals surface area contributed by atoms with Crippen molar-refractivity contribution in [3.8, 4) is 0 Å². The van der Waals surface area contributed by atoms with Crippen LogP contribution in [-0.4, -0.2) is 25.9 Å². The number of benzene rings is 1. The number of hydrogen-bond acceptors (Lipinski definition) is 4. The van der Waals surface area contributed by atoms with Crippen molar-refractivity contribution in [2.75, 3.05) is 11.5 Å². The minimum absolute atomic E-state index is 0.0394. The van der Waals surface area contributed by atoms with Gasteiger partial charge in [-0.25, -0.2) is 8.42 Å². The lowest BCUT2D eigenvalue weighted by molar-refractivity contribution is -0.00527. The highest BCUT2D eigenvalue weighted by atomic mass is 35.5. The molecule has 1 aliphatic heterocycles. The summed E-state index contributed by atoms with van der Waals surface area (Å²) in [4.78, 5) is 0.130. The Balaban J connectivity index is 2.19. The molecule has 2 N–H and O–H groups in total. The highest BCUT2D eigenvalue weighted by Crippen LogP contribution is 2.32. The van der Waals surface area contributed by atoms with Gasteiger partial charge in [-0.1, -0.05) is 11.6 Å². The maximum atomic E-state index is 12.3. The molecule has 0 aromatic heterocycles. The van der Waals surface area contributed by atoms with Gasteiger partial charge in [0.1, 0.15) is 0 Å². The van der Waals surface area contributed by atoms with E-state index >= 15 is 0 Å². The number of sulfone groups is 1. The van der Waals surface area contributed by atoms with Crippen LogP contribution in [-0.2, 0) is 14.6 Å². The van der Waals surface area contributed by atoms with Gasteiger partial charge in [0.2, 0.25) is 0 Å². The number of anilines is 1. The highest BCUT2D eigenvalue weighted by molar-refractivity contribution is 7.91. The molecule has 0 spiro atoms. The maximum absolute atomic E-state index is 12.3. The summed E-state index contributed by atoms with van der Waals surface area (Å²) in [6, 6.07) is 4.44. The lowest BCUT2D eigenvalue weighted by atomic mass is 10.1. The van der Waals surface area contributed by atoms with E-state index in [0.717, 1.165) is 12.8 Å². The number of rotatable bonds is 3. The first-order valence-corrected chi connectivity index (χ1v) is 8.18. The second-order valence-corrected chi connectivity index (χ2v) is 7.94. The van der Waals surface area contributed by atoms with Crippen LogP contribution in [0.3, 0.4) is 0 Å². The normalized spacial score (nSPS) is 22.6. The summed E-state index contributed by atoms with van der Waals surface area (Å²) in [5.41, 5.74) is 5.67. The fourth-order valence-corrected chi connectivity index (χ4v) is 4.11. The van der Waals surface area contributed by atoms with Crippen molar-refractivity contribution in [1.82, 2.24) is 0 Å². The third-order valence-electron chi connectivity index (χ3n) is 3.27. The van der Waals surface area contributed by atoms with Crippen LogP contribution in [0.5, 0.6) is 0 Å². The molecule has 6 heteroatoms. The molecule has 2 rings (SSSR count). The van der Waals surface area contributed by atoms with Crippen LogP contribution in [0.2, 0.25) is 5.02 Å². The third-order valence-corrected chi connectivity index (χ3v) is 5.35.